The Kier molecular flexibility index (Phi) is 5.34. The van der Waals surface area contributed by atoms with E-state index in [1.54, 1.807) is 6.07 Å². The molecule has 33 heavy (non-hydrogen) atoms. The molecule has 2 fully saturated rings. The van der Waals surface area contributed by atoms with E-state index in [0.29, 0.717) is 12.4 Å². The average molecular weight is 459 g/mol. The Balaban J connectivity index is 1.25. The van der Waals surface area contributed by atoms with Gasteiger partial charge in [0.05, 0.1) is 12.2 Å². The van der Waals surface area contributed by atoms with Crippen LogP contribution in [-0.2, 0) is 21.1 Å². The van der Waals surface area contributed by atoms with Crippen LogP contribution < -0.4 is 4.74 Å². The lowest BCUT2D eigenvalue weighted by Gasteiger charge is -2.36. The summed E-state index contributed by atoms with van der Waals surface area (Å²) in [5, 5.41) is 0. The first-order valence-corrected chi connectivity index (χ1v) is 11.2. The number of hydrogen-bond acceptors (Lipinski definition) is 4. The third kappa shape index (κ3) is 3.96. The van der Waals surface area contributed by atoms with Crippen molar-refractivity contribution in [2.45, 2.75) is 49.7 Å². The minimum Gasteiger partial charge on any atom is -0.492 e. The highest BCUT2D eigenvalue weighted by molar-refractivity contribution is 5.93. The van der Waals surface area contributed by atoms with Crippen molar-refractivity contribution >= 4 is 12.0 Å². The van der Waals surface area contributed by atoms with Crippen LogP contribution in [0.25, 0.3) is 0 Å². The molecule has 1 saturated carbocycles. The number of carbonyl (C=O) groups excluding carboxylic acids is 2. The van der Waals surface area contributed by atoms with Gasteiger partial charge in [-0.3, -0.25) is 4.79 Å². The second kappa shape index (κ2) is 8.08. The molecule has 174 valence electrons. The average Bonchev–Trinajstić information content (AvgIpc) is 3.36. The predicted octanol–water partition coefficient (Wildman–Crippen LogP) is 5.64. The van der Waals surface area contributed by atoms with Crippen LogP contribution in [0.4, 0.5) is 18.0 Å². The summed E-state index contributed by atoms with van der Waals surface area (Å²) in [5.74, 6) is 0.168. The highest BCUT2D eigenvalue weighted by atomic mass is 19.4. The highest BCUT2D eigenvalue weighted by Crippen LogP contribution is 2.50. The van der Waals surface area contributed by atoms with E-state index in [0.717, 1.165) is 48.9 Å². The van der Waals surface area contributed by atoms with E-state index in [1.165, 1.54) is 4.90 Å². The van der Waals surface area contributed by atoms with E-state index in [2.05, 4.69) is 0 Å². The second-order valence-electron chi connectivity index (χ2n) is 9.19. The lowest BCUT2D eigenvalue weighted by molar-refractivity contribution is -0.137. The summed E-state index contributed by atoms with van der Waals surface area (Å²) >= 11 is 0. The van der Waals surface area contributed by atoms with Crippen molar-refractivity contribution in [1.82, 2.24) is 4.90 Å². The number of benzene rings is 2. The lowest BCUT2D eigenvalue weighted by atomic mass is 9.67. The lowest BCUT2D eigenvalue weighted by Crippen LogP contribution is -2.38. The zero-order valence-corrected chi connectivity index (χ0v) is 17.9. The van der Waals surface area contributed by atoms with Crippen LogP contribution in [0.3, 0.4) is 0 Å². The topological polar surface area (TPSA) is 55.8 Å². The summed E-state index contributed by atoms with van der Waals surface area (Å²) < 4.78 is 49.9. The number of hydrogen-bond donors (Lipinski definition) is 0. The molecule has 0 N–H and O–H groups in total. The molecule has 2 aliphatic heterocycles. The number of ether oxygens (including phenoxy) is 2. The van der Waals surface area contributed by atoms with Gasteiger partial charge < -0.3 is 9.47 Å². The number of amides is 2. The predicted molar refractivity (Wildman–Crippen MR) is 113 cm³/mol. The van der Waals surface area contributed by atoms with Gasteiger partial charge in [-0.05, 0) is 49.3 Å². The smallest absolute Gasteiger partial charge is 0.417 e. The molecule has 2 amide bonds. The third-order valence-electron chi connectivity index (χ3n) is 7.24. The molecule has 0 aromatic heterocycles. The fourth-order valence-corrected chi connectivity index (χ4v) is 5.36. The molecule has 2 aromatic rings. The van der Waals surface area contributed by atoms with Gasteiger partial charge in [0.2, 0.25) is 5.91 Å². The first kappa shape index (κ1) is 21.8. The molecular formula is C25H24F3NO4. The van der Waals surface area contributed by atoms with E-state index < -0.39 is 23.9 Å². The molecule has 1 spiro atoms. The number of imide groups is 1. The summed E-state index contributed by atoms with van der Waals surface area (Å²) in [5.41, 5.74) is 0.672. The zero-order chi connectivity index (χ0) is 23.2. The standard InChI is InChI=1S/C25H24F3NO4/c26-25(27,28)18-6-7-19-21(13-18)33-15-24(19)10-8-16(9-11-24)12-22(30)29-20(14-32-23(29)31)17-4-2-1-3-5-17/h1-7,13,16,20H,8-12,14-15H2/t16-,20-,24-/m1/s1. The highest BCUT2D eigenvalue weighted by Gasteiger charge is 2.46. The number of rotatable bonds is 3. The van der Waals surface area contributed by atoms with Crippen LogP contribution in [0, 0.1) is 5.92 Å². The van der Waals surface area contributed by atoms with Gasteiger partial charge in [-0.25, -0.2) is 9.69 Å². The fourth-order valence-electron chi connectivity index (χ4n) is 5.36. The summed E-state index contributed by atoms with van der Waals surface area (Å²) in [6.45, 7) is 0.509. The maximum atomic E-state index is 13.0. The number of cyclic esters (lactones) is 1. The molecule has 3 aliphatic rings. The normalized spacial score (nSPS) is 26.8. The Morgan fingerprint density at radius 3 is 2.48 bits per heavy atom. The Labute approximate surface area is 189 Å². The van der Waals surface area contributed by atoms with E-state index in [-0.39, 0.29) is 30.3 Å². The second-order valence-corrected chi connectivity index (χ2v) is 9.19. The number of halogens is 3. The van der Waals surface area contributed by atoms with Gasteiger partial charge in [-0.2, -0.15) is 13.2 Å². The van der Waals surface area contributed by atoms with Crippen LogP contribution in [0.2, 0.25) is 0 Å². The summed E-state index contributed by atoms with van der Waals surface area (Å²) in [4.78, 5) is 26.5. The van der Waals surface area contributed by atoms with Crippen LogP contribution >= 0.6 is 0 Å². The molecule has 0 bridgehead atoms. The first-order chi connectivity index (χ1) is 15.8. The molecule has 1 saturated heterocycles. The van der Waals surface area contributed by atoms with Gasteiger partial charge in [0, 0.05) is 17.4 Å². The minimum absolute atomic E-state index is 0.103. The van der Waals surface area contributed by atoms with Crippen LogP contribution in [0.5, 0.6) is 5.75 Å². The van der Waals surface area contributed by atoms with Crippen LogP contribution in [0.1, 0.15) is 54.8 Å². The van der Waals surface area contributed by atoms with Crippen LogP contribution in [0.15, 0.2) is 48.5 Å². The number of nitrogens with zero attached hydrogens (tertiary/aromatic N) is 1. The van der Waals surface area contributed by atoms with Crippen LogP contribution in [-0.4, -0.2) is 30.1 Å². The van der Waals surface area contributed by atoms with E-state index in [4.69, 9.17) is 9.47 Å². The maximum Gasteiger partial charge on any atom is 0.417 e. The summed E-state index contributed by atoms with van der Waals surface area (Å²) in [7, 11) is 0. The Hall–Kier alpha value is -3.03. The number of carbonyl (C=O) groups is 2. The van der Waals surface area contributed by atoms with Crippen molar-refractivity contribution in [1.29, 1.82) is 0 Å². The minimum atomic E-state index is -4.40. The van der Waals surface area contributed by atoms with Gasteiger partial charge in [0.1, 0.15) is 18.4 Å². The van der Waals surface area contributed by atoms with Crippen molar-refractivity contribution in [3.05, 3.63) is 65.2 Å². The molecule has 2 heterocycles. The third-order valence-corrected chi connectivity index (χ3v) is 7.24. The van der Waals surface area contributed by atoms with Crippen molar-refractivity contribution < 1.29 is 32.2 Å². The SMILES string of the molecule is O=C(C[C@H]1CC[C@]2(CC1)COc1cc(C(F)(F)F)ccc12)N1C(=O)OC[C@@H]1c1ccccc1. The van der Waals surface area contributed by atoms with E-state index in [9.17, 15) is 22.8 Å². The molecule has 0 radical (unpaired) electrons. The molecule has 1 atom stereocenters. The molecule has 0 unspecified atom stereocenters. The molecular weight excluding hydrogens is 435 g/mol. The zero-order valence-electron chi connectivity index (χ0n) is 17.9. The van der Waals surface area contributed by atoms with E-state index >= 15 is 0 Å². The Bertz CT molecular complexity index is 1060. The Morgan fingerprint density at radius 2 is 1.79 bits per heavy atom. The van der Waals surface area contributed by atoms with Gasteiger partial charge in [-0.15, -0.1) is 0 Å². The summed E-state index contributed by atoms with van der Waals surface area (Å²) in [6.07, 6.45) is -1.82. The van der Waals surface area contributed by atoms with Gasteiger partial charge in [0.15, 0.2) is 0 Å². The van der Waals surface area contributed by atoms with Crippen molar-refractivity contribution in [3.63, 3.8) is 0 Å². The quantitative estimate of drug-likeness (QED) is 0.597. The summed E-state index contributed by atoms with van der Waals surface area (Å²) in [6, 6.07) is 12.7. The van der Waals surface area contributed by atoms with Crippen molar-refractivity contribution in [3.8, 4) is 5.75 Å². The number of fused-ring (bicyclic) bond motifs is 2. The van der Waals surface area contributed by atoms with Gasteiger partial charge in [-0.1, -0.05) is 36.4 Å². The van der Waals surface area contributed by atoms with Crippen molar-refractivity contribution in [2.75, 3.05) is 13.2 Å². The van der Waals surface area contributed by atoms with Gasteiger partial charge in [0.25, 0.3) is 0 Å². The number of alkyl halides is 3. The largest absolute Gasteiger partial charge is 0.492 e. The molecule has 5 rings (SSSR count). The molecule has 1 aliphatic carbocycles. The van der Waals surface area contributed by atoms with E-state index in [1.807, 2.05) is 30.3 Å². The van der Waals surface area contributed by atoms with Gasteiger partial charge >= 0.3 is 12.3 Å². The molecule has 5 nitrogen and oxygen atoms in total. The maximum absolute atomic E-state index is 13.0. The molecule has 8 heteroatoms. The first-order valence-electron chi connectivity index (χ1n) is 11.2. The monoisotopic (exact) mass is 459 g/mol. The Morgan fingerprint density at radius 1 is 1.06 bits per heavy atom. The molecule has 2 aromatic carbocycles. The van der Waals surface area contributed by atoms with Crippen molar-refractivity contribution in [2.24, 2.45) is 5.92 Å². The fraction of sp³-hybridized carbons (Fsp3) is 0.440.